The third kappa shape index (κ3) is 5.79. The van der Waals surface area contributed by atoms with Gasteiger partial charge in [-0.05, 0) is 54.3 Å². The Balaban J connectivity index is 1.55. The van der Waals surface area contributed by atoms with Gasteiger partial charge in [-0.15, -0.1) is 0 Å². The molecule has 0 radical (unpaired) electrons. The molecule has 0 unspecified atom stereocenters. The first kappa shape index (κ1) is 21.8. The fourth-order valence-electron chi connectivity index (χ4n) is 2.91. The average Bonchev–Trinajstić information content (AvgIpc) is 3.21. The van der Waals surface area contributed by atoms with Crippen LogP contribution in [0.15, 0.2) is 64.1 Å². The van der Waals surface area contributed by atoms with Crippen molar-refractivity contribution in [2.75, 3.05) is 6.61 Å². The quantitative estimate of drug-likeness (QED) is 0.319. The Morgan fingerprint density at radius 1 is 1.19 bits per heavy atom. The molecule has 1 amide bonds. The molecule has 8 heteroatoms. The van der Waals surface area contributed by atoms with E-state index in [2.05, 4.69) is 24.4 Å². The molecule has 0 fully saturated rings. The highest BCUT2D eigenvalue weighted by molar-refractivity contribution is 5.81. The molecule has 0 saturated heterocycles. The fraction of sp³-hybridized carbons (Fsp3) is 0.217. The van der Waals surface area contributed by atoms with E-state index in [-0.39, 0.29) is 18.2 Å². The van der Waals surface area contributed by atoms with Crippen LogP contribution in [-0.4, -0.2) is 23.7 Å². The van der Waals surface area contributed by atoms with Crippen LogP contribution >= 0.6 is 0 Å². The normalized spacial score (nSPS) is 11.1. The number of ether oxygens (including phenoxy) is 1. The number of nitrogens with one attached hydrogen (secondary N) is 1. The van der Waals surface area contributed by atoms with E-state index in [9.17, 15) is 14.9 Å². The van der Waals surface area contributed by atoms with E-state index in [1.165, 1.54) is 18.3 Å². The van der Waals surface area contributed by atoms with Crippen molar-refractivity contribution in [3.63, 3.8) is 0 Å². The van der Waals surface area contributed by atoms with E-state index in [4.69, 9.17) is 9.15 Å². The molecule has 8 nitrogen and oxygen atoms in total. The molecular weight excluding hydrogens is 398 g/mol. The number of rotatable bonds is 8. The summed E-state index contributed by atoms with van der Waals surface area (Å²) in [6.45, 7) is 5.94. The van der Waals surface area contributed by atoms with Crippen LogP contribution in [0, 0.1) is 17.0 Å². The molecule has 0 spiro atoms. The minimum Gasteiger partial charge on any atom is -0.483 e. The Kier molecular flexibility index (Phi) is 6.81. The summed E-state index contributed by atoms with van der Waals surface area (Å²) in [6.07, 6.45) is 1.37. The van der Waals surface area contributed by atoms with Gasteiger partial charge in [0.15, 0.2) is 6.61 Å². The van der Waals surface area contributed by atoms with Crippen molar-refractivity contribution in [1.82, 2.24) is 5.43 Å². The van der Waals surface area contributed by atoms with Crippen molar-refractivity contribution in [2.24, 2.45) is 5.10 Å². The van der Waals surface area contributed by atoms with Gasteiger partial charge in [0, 0.05) is 17.7 Å². The van der Waals surface area contributed by atoms with Crippen molar-refractivity contribution < 1.29 is 18.9 Å². The van der Waals surface area contributed by atoms with Crippen molar-refractivity contribution in [3.8, 4) is 17.1 Å². The van der Waals surface area contributed by atoms with Gasteiger partial charge in [-0.3, -0.25) is 14.9 Å². The van der Waals surface area contributed by atoms with E-state index in [0.717, 1.165) is 11.1 Å². The van der Waals surface area contributed by atoms with E-state index >= 15 is 0 Å². The SMILES string of the molecule is Cc1ccc(C(C)C)c(OCC(=O)NN=Cc2ccc(-c3ccc([N+](=O)[O-])cc3)o2)c1. The Bertz CT molecular complexity index is 1100. The lowest BCUT2D eigenvalue weighted by atomic mass is 10.0. The van der Waals surface area contributed by atoms with E-state index in [1.54, 1.807) is 24.3 Å². The van der Waals surface area contributed by atoms with Crippen LogP contribution < -0.4 is 10.2 Å². The largest absolute Gasteiger partial charge is 0.483 e. The molecule has 0 bridgehead atoms. The summed E-state index contributed by atoms with van der Waals surface area (Å²) in [7, 11) is 0. The summed E-state index contributed by atoms with van der Waals surface area (Å²) >= 11 is 0. The van der Waals surface area contributed by atoms with Gasteiger partial charge in [0.05, 0.1) is 11.1 Å². The van der Waals surface area contributed by atoms with Gasteiger partial charge in [-0.1, -0.05) is 26.0 Å². The third-order valence-electron chi connectivity index (χ3n) is 4.52. The van der Waals surface area contributed by atoms with Gasteiger partial charge < -0.3 is 9.15 Å². The molecular formula is C23H23N3O5. The van der Waals surface area contributed by atoms with E-state index < -0.39 is 10.8 Å². The molecule has 1 heterocycles. The zero-order valence-electron chi connectivity index (χ0n) is 17.5. The zero-order valence-corrected chi connectivity index (χ0v) is 17.5. The van der Waals surface area contributed by atoms with Crippen molar-refractivity contribution in [3.05, 3.63) is 81.6 Å². The lowest BCUT2D eigenvalue weighted by Crippen LogP contribution is -2.24. The van der Waals surface area contributed by atoms with E-state index in [1.807, 2.05) is 25.1 Å². The standard InChI is InChI=1S/C23H23N3O5/c1-15(2)20-10-4-16(3)12-22(20)30-14-23(27)25-24-13-19-9-11-21(31-19)17-5-7-18(8-6-17)26(28)29/h4-13,15H,14H2,1-3H3,(H,25,27). The van der Waals surface area contributed by atoms with Crippen LogP contribution in [-0.2, 0) is 4.79 Å². The van der Waals surface area contributed by atoms with Gasteiger partial charge in [-0.25, -0.2) is 5.43 Å². The van der Waals surface area contributed by atoms with Crippen LogP contribution in [0.5, 0.6) is 5.75 Å². The summed E-state index contributed by atoms with van der Waals surface area (Å²) in [6, 6.07) is 15.4. The minimum absolute atomic E-state index is 0.00759. The Hall–Kier alpha value is -3.94. The summed E-state index contributed by atoms with van der Waals surface area (Å²) < 4.78 is 11.3. The molecule has 1 aromatic heterocycles. The number of hydrogen-bond acceptors (Lipinski definition) is 6. The van der Waals surface area contributed by atoms with Crippen LogP contribution in [0.2, 0.25) is 0 Å². The summed E-state index contributed by atoms with van der Waals surface area (Å²) in [4.78, 5) is 22.3. The molecule has 0 atom stereocenters. The number of benzene rings is 2. The first-order valence-corrected chi connectivity index (χ1v) is 9.73. The average molecular weight is 421 g/mol. The summed E-state index contributed by atoms with van der Waals surface area (Å²) in [5.74, 6) is 1.53. The topological polar surface area (TPSA) is 107 Å². The maximum Gasteiger partial charge on any atom is 0.277 e. The number of non-ortho nitro benzene ring substituents is 1. The van der Waals surface area contributed by atoms with Crippen LogP contribution in [0.4, 0.5) is 5.69 Å². The maximum atomic E-state index is 12.1. The van der Waals surface area contributed by atoms with Gasteiger partial charge in [0.1, 0.15) is 17.3 Å². The molecule has 0 aliphatic carbocycles. The third-order valence-corrected chi connectivity index (χ3v) is 4.52. The molecule has 2 aromatic carbocycles. The highest BCUT2D eigenvalue weighted by atomic mass is 16.6. The molecule has 0 aliphatic heterocycles. The lowest BCUT2D eigenvalue weighted by molar-refractivity contribution is -0.384. The second kappa shape index (κ2) is 9.71. The van der Waals surface area contributed by atoms with Gasteiger partial charge in [-0.2, -0.15) is 5.10 Å². The predicted octanol–water partition coefficient (Wildman–Crippen LogP) is 4.82. The smallest absolute Gasteiger partial charge is 0.277 e. The highest BCUT2D eigenvalue weighted by Crippen LogP contribution is 2.27. The first-order valence-electron chi connectivity index (χ1n) is 9.73. The number of furan rings is 1. The Labute approximate surface area is 179 Å². The molecule has 0 aliphatic rings. The number of nitro groups is 1. The number of hydrogen-bond donors (Lipinski definition) is 1. The van der Waals surface area contributed by atoms with Crippen LogP contribution in [0.25, 0.3) is 11.3 Å². The Morgan fingerprint density at radius 3 is 2.61 bits per heavy atom. The molecule has 31 heavy (non-hydrogen) atoms. The number of carbonyl (C=O) groups is 1. The minimum atomic E-state index is -0.459. The molecule has 3 rings (SSSR count). The van der Waals surface area contributed by atoms with Gasteiger partial charge in [0.25, 0.3) is 11.6 Å². The second-order valence-corrected chi connectivity index (χ2v) is 7.28. The van der Waals surface area contributed by atoms with E-state index in [0.29, 0.717) is 22.8 Å². The molecule has 160 valence electrons. The van der Waals surface area contributed by atoms with Gasteiger partial charge in [0.2, 0.25) is 0 Å². The monoisotopic (exact) mass is 421 g/mol. The summed E-state index contributed by atoms with van der Waals surface area (Å²) in [5, 5.41) is 14.6. The first-order chi connectivity index (χ1) is 14.8. The number of nitrogens with zero attached hydrogens (tertiary/aromatic N) is 2. The molecule has 3 aromatic rings. The Morgan fingerprint density at radius 2 is 1.94 bits per heavy atom. The maximum absolute atomic E-state index is 12.1. The second-order valence-electron chi connectivity index (χ2n) is 7.28. The molecule has 0 saturated carbocycles. The highest BCUT2D eigenvalue weighted by Gasteiger charge is 2.11. The number of aryl methyl sites for hydroxylation is 1. The van der Waals surface area contributed by atoms with Crippen molar-refractivity contribution >= 4 is 17.8 Å². The zero-order chi connectivity index (χ0) is 22.4. The molecule has 1 N–H and O–H groups in total. The number of hydrazone groups is 1. The number of nitro benzene ring substituents is 1. The fourth-order valence-corrected chi connectivity index (χ4v) is 2.91. The van der Waals surface area contributed by atoms with Crippen LogP contribution in [0.1, 0.15) is 36.7 Å². The van der Waals surface area contributed by atoms with Crippen molar-refractivity contribution in [2.45, 2.75) is 26.7 Å². The number of amides is 1. The lowest BCUT2D eigenvalue weighted by Gasteiger charge is -2.14. The number of carbonyl (C=O) groups excluding carboxylic acids is 1. The van der Waals surface area contributed by atoms with Gasteiger partial charge >= 0.3 is 0 Å². The predicted molar refractivity (Wildman–Crippen MR) is 117 cm³/mol. The van der Waals surface area contributed by atoms with Crippen LogP contribution in [0.3, 0.4) is 0 Å². The van der Waals surface area contributed by atoms with Crippen molar-refractivity contribution in [1.29, 1.82) is 0 Å². The summed E-state index contributed by atoms with van der Waals surface area (Å²) in [5.41, 5.74) is 5.20.